The van der Waals surface area contributed by atoms with Gasteiger partial charge in [-0.05, 0) is 60.7 Å². The highest BCUT2D eigenvalue weighted by Gasteiger charge is 2.61. The van der Waals surface area contributed by atoms with Crippen LogP contribution in [0.25, 0.3) is 0 Å². The standard InChI is InChI=1S/C22H17ClN2O5/c1-28-16-10-8-14(9-11-16)24-21(26)18-19(17-3-2-12-29-17)25(30-20(18)22(24)27)15-6-4-13(23)5-7-15/h2-12,18-20H,1H3/t18-,19+,20-/m1/s1. The van der Waals surface area contributed by atoms with Crippen molar-refractivity contribution >= 4 is 34.8 Å². The Morgan fingerprint density at radius 3 is 2.27 bits per heavy atom. The lowest BCUT2D eigenvalue weighted by Crippen LogP contribution is -2.37. The molecule has 3 aromatic rings. The van der Waals surface area contributed by atoms with Crippen molar-refractivity contribution < 1.29 is 23.6 Å². The molecule has 2 saturated heterocycles. The molecular formula is C22H17ClN2O5. The Morgan fingerprint density at radius 1 is 0.933 bits per heavy atom. The number of hydroxylamine groups is 1. The van der Waals surface area contributed by atoms with Gasteiger partial charge in [-0.3, -0.25) is 14.4 Å². The molecule has 2 amide bonds. The SMILES string of the molecule is COc1ccc(N2C(=O)[C@H]3[C@@H](ON(c4ccc(Cl)cc4)[C@H]3c3ccco3)C2=O)cc1. The lowest BCUT2D eigenvalue weighted by molar-refractivity contribution is -0.126. The zero-order valence-corrected chi connectivity index (χ0v) is 16.7. The van der Waals surface area contributed by atoms with E-state index >= 15 is 0 Å². The largest absolute Gasteiger partial charge is 0.497 e. The lowest BCUT2D eigenvalue weighted by atomic mass is 9.94. The van der Waals surface area contributed by atoms with Crippen molar-refractivity contribution in [2.24, 2.45) is 5.92 Å². The first kappa shape index (κ1) is 18.7. The molecule has 0 bridgehead atoms. The Bertz CT molecular complexity index is 1080. The molecule has 30 heavy (non-hydrogen) atoms. The van der Waals surface area contributed by atoms with Gasteiger partial charge >= 0.3 is 0 Å². The minimum absolute atomic E-state index is 0.340. The third kappa shape index (κ3) is 2.86. The van der Waals surface area contributed by atoms with E-state index in [1.54, 1.807) is 72.8 Å². The summed E-state index contributed by atoms with van der Waals surface area (Å²) in [5.41, 5.74) is 1.15. The van der Waals surface area contributed by atoms with Gasteiger partial charge in [0.2, 0.25) is 5.91 Å². The summed E-state index contributed by atoms with van der Waals surface area (Å²) < 4.78 is 10.8. The van der Waals surface area contributed by atoms with Crippen molar-refractivity contribution in [1.29, 1.82) is 0 Å². The molecule has 2 aliphatic heterocycles. The number of amides is 2. The van der Waals surface area contributed by atoms with Gasteiger partial charge in [0.15, 0.2) is 6.10 Å². The number of ether oxygens (including phenoxy) is 1. The number of carbonyl (C=O) groups is 2. The average Bonchev–Trinajstić information content (AvgIpc) is 3.47. The summed E-state index contributed by atoms with van der Waals surface area (Å²) >= 11 is 6.00. The van der Waals surface area contributed by atoms with E-state index in [0.29, 0.717) is 27.9 Å². The number of hydrogen-bond acceptors (Lipinski definition) is 6. The smallest absolute Gasteiger partial charge is 0.266 e. The molecule has 0 N–H and O–H groups in total. The van der Waals surface area contributed by atoms with Gasteiger partial charge in [0.1, 0.15) is 23.5 Å². The van der Waals surface area contributed by atoms with Crippen LogP contribution in [0.1, 0.15) is 11.8 Å². The van der Waals surface area contributed by atoms with Crippen molar-refractivity contribution in [1.82, 2.24) is 0 Å². The van der Waals surface area contributed by atoms with Gasteiger partial charge in [-0.15, -0.1) is 0 Å². The van der Waals surface area contributed by atoms with E-state index < -0.39 is 24.0 Å². The Labute approximate surface area is 177 Å². The highest BCUT2D eigenvalue weighted by Crippen LogP contribution is 2.47. The normalized spacial score (nSPS) is 23.2. The summed E-state index contributed by atoms with van der Waals surface area (Å²) in [6.07, 6.45) is 0.580. The molecule has 2 fully saturated rings. The highest BCUT2D eigenvalue weighted by molar-refractivity contribution is 6.30. The Hall–Kier alpha value is -3.29. The van der Waals surface area contributed by atoms with E-state index in [-0.39, 0.29) is 5.91 Å². The maximum atomic E-state index is 13.4. The summed E-state index contributed by atoms with van der Waals surface area (Å²) in [6, 6.07) is 16.7. The quantitative estimate of drug-likeness (QED) is 0.590. The summed E-state index contributed by atoms with van der Waals surface area (Å²) in [5, 5.41) is 2.14. The number of nitrogens with zero attached hydrogens (tertiary/aromatic N) is 2. The van der Waals surface area contributed by atoms with Gasteiger partial charge in [-0.1, -0.05) is 11.6 Å². The van der Waals surface area contributed by atoms with Crippen molar-refractivity contribution in [2.75, 3.05) is 17.1 Å². The van der Waals surface area contributed by atoms with E-state index in [4.69, 9.17) is 25.6 Å². The Morgan fingerprint density at radius 2 is 1.63 bits per heavy atom. The fraction of sp³-hybridized carbons (Fsp3) is 0.182. The second-order valence-corrected chi connectivity index (χ2v) is 7.46. The first-order valence-corrected chi connectivity index (χ1v) is 9.73. The van der Waals surface area contributed by atoms with E-state index in [1.165, 1.54) is 11.2 Å². The van der Waals surface area contributed by atoms with Crippen LogP contribution >= 0.6 is 11.6 Å². The number of anilines is 2. The topological polar surface area (TPSA) is 72.2 Å². The Balaban J connectivity index is 1.53. The molecule has 0 aliphatic carbocycles. The number of rotatable bonds is 4. The van der Waals surface area contributed by atoms with Crippen LogP contribution in [0.5, 0.6) is 5.75 Å². The number of hydrogen-bond donors (Lipinski definition) is 0. The molecule has 3 atom stereocenters. The summed E-state index contributed by atoms with van der Waals surface area (Å²) in [6.45, 7) is 0. The maximum absolute atomic E-state index is 13.4. The highest BCUT2D eigenvalue weighted by atomic mass is 35.5. The van der Waals surface area contributed by atoms with Crippen LogP contribution < -0.4 is 14.7 Å². The number of methoxy groups -OCH3 is 1. The molecule has 2 aliphatic rings. The molecule has 1 aromatic heterocycles. The van der Waals surface area contributed by atoms with Crippen LogP contribution in [0, 0.1) is 5.92 Å². The minimum Gasteiger partial charge on any atom is -0.497 e. The predicted molar refractivity (Wildman–Crippen MR) is 109 cm³/mol. The zero-order chi connectivity index (χ0) is 20.8. The van der Waals surface area contributed by atoms with Crippen LogP contribution in [0.4, 0.5) is 11.4 Å². The van der Waals surface area contributed by atoms with Crippen molar-refractivity contribution in [3.05, 3.63) is 77.7 Å². The van der Waals surface area contributed by atoms with Gasteiger partial charge < -0.3 is 9.15 Å². The molecule has 2 aromatic carbocycles. The minimum atomic E-state index is -0.953. The number of halogens is 1. The molecule has 5 rings (SSSR count). The molecule has 152 valence electrons. The molecule has 0 unspecified atom stereocenters. The maximum Gasteiger partial charge on any atom is 0.266 e. The van der Waals surface area contributed by atoms with Crippen molar-refractivity contribution in [2.45, 2.75) is 12.1 Å². The summed E-state index contributed by atoms with van der Waals surface area (Å²) in [5.74, 6) is -0.329. The predicted octanol–water partition coefficient (Wildman–Crippen LogP) is 3.99. The fourth-order valence-corrected chi connectivity index (χ4v) is 4.09. The summed E-state index contributed by atoms with van der Waals surface area (Å²) in [7, 11) is 1.55. The van der Waals surface area contributed by atoms with Crippen LogP contribution in [-0.4, -0.2) is 25.0 Å². The van der Waals surface area contributed by atoms with Crippen LogP contribution in [0.2, 0.25) is 5.02 Å². The van der Waals surface area contributed by atoms with Crippen molar-refractivity contribution in [3.63, 3.8) is 0 Å². The van der Waals surface area contributed by atoms with E-state index in [0.717, 1.165) is 0 Å². The van der Waals surface area contributed by atoms with Crippen LogP contribution in [-0.2, 0) is 14.4 Å². The first-order chi connectivity index (χ1) is 14.6. The van der Waals surface area contributed by atoms with E-state index in [1.807, 2.05) is 0 Å². The third-order valence-corrected chi connectivity index (χ3v) is 5.61. The molecule has 0 spiro atoms. The number of imide groups is 1. The Kier molecular flexibility index (Phi) is 4.49. The van der Waals surface area contributed by atoms with Gasteiger partial charge in [0.25, 0.3) is 5.91 Å². The van der Waals surface area contributed by atoms with Gasteiger partial charge in [-0.25, -0.2) is 9.96 Å². The number of furan rings is 1. The van der Waals surface area contributed by atoms with Gasteiger partial charge in [0.05, 0.1) is 24.7 Å². The van der Waals surface area contributed by atoms with Gasteiger partial charge in [-0.2, -0.15) is 0 Å². The average molecular weight is 425 g/mol. The fourth-order valence-electron chi connectivity index (χ4n) is 3.96. The second kappa shape index (κ2) is 7.19. The summed E-state index contributed by atoms with van der Waals surface area (Å²) in [4.78, 5) is 33.8. The monoisotopic (exact) mass is 424 g/mol. The second-order valence-electron chi connectivity index (χ2n) is 7.02. The van der Waals surface area contributed by atoms with Crippen molar-refractivity contribution in [3.8, 4) is 5.75 Å². The van der Waals surface area contributed by atoms with E-state index in [2.05, 4.69) is 0 Å². The number of fused-ring (bicyclic) bond motifs is 1. The third-order valence-electron chi connectivity index (χ3n) is 5.36. The first-order valence-electron chi connectivity index (χ1n) is 9.35. The molecule has 0 radical (unpaired) electrons. The lowest BCUT2D eigenvalue weighted by Gasteiger charge is -2.27. The molecule has 8 heteroatoms. The zero-order valence-electron chi connectivity index (χ0n) is 15.9. The molecule has 0 saturated carbocycles. The van der Waals surface area contributed by atoms with Crippen LogP contribution in [0.3, 0.4) is 0 Å². The molecule has 7 nitrogen and oxygen atoms in total. The molecular weight excluding hydrogens is 408 g/mol. The molecule has 3 heterocycles. The number of carbonyl (C=O) groups excluding carboxylic acids is 2. The number of benzene rings is 2. The van der Waals surface area contributed by atoms with Gasteiger partial charge in [0, 0.05) is 5.02 Å². The van der Waals surface area contributed by atoms with E-state index in [9.17, 15) is 9.59 Å². The van der Waals surface area contributed by atoms with Crippen LogP contribution in [0.15, 0.2) is 71.3 Å².